The number of sulfonamides is 1. The number of rotatable bonds is 4. The van der Waals surface area contributed by atoms with Crippen molar-refractivity contribution in [3.05, 3.63) is 18.2 Å². The number of fused-ring (bicyclic) bond motifs is 1. The molecule has 5 nitrogen and oxygen atoms in total. The third-order valence-electron chi connectivity index (χ3n) is 2.86. The van der Waals surface area contributed by atoms with Gasteiger partial charge in [-0.05, 0) is 6.42 Å². The Labute approximate surface area is 96.1 Å². The summed E-state index contributed by atoms with van der Waals surface area (Å²) in [6.45, 7) is 3.69. The van der Waals surface area contributed by atoms with Crippen LogP contribution < -0.4 is 0 Å². The first-order chi connectivity index (χ1) is 7.63. The molecule has 0 amide bonds. The maximum atomic E-state index is 12.0. The summed E-state index contributed by atoms with van der Waals surface area (Å²) in [5, 5.41) is 0. The lowest BCUT2D eigenvalue weighted by Crippen LogP contribution is -2.39. The summed E-state index contributed by atoms with van der Waals surface area (Å²) in [6.07, 6.45) is 5.25. The lowest BCUT2D eigenvalue weighted by Gasteiger charge is -2.26. The lowest BCUT2D eigenvalue weighted by molar-refractivity contribution is 0.335. The van der Waals surface area contributed by atoms with Gasteiger partial charge in [-0.1, -0.05) is 13.3 Å². The van der Waals surface area contributed by atoms with E-state index in [9.17, 15) is 8.42 Å². The van der Waals surface area contributed by atoms with Crippen molar-refractivity contribution in [2.45, 2.75) is 32.9 Å². The van der Waals surface area contributed by atoms with Gasteiger partial charge in [-0.25, -0.2) is 13.4 Å². The number of nitrogens with zero attached hydrogens (tertiary/aromatic N) is 3. The van der Waals surface area contributed by atoms with E-state index in [0.717, 1.165) is 18.7 Å². The van der Waals surface area contributed by atoms with Gasteiger partial charge < -0.3 is 4.57 Å². The highest BCUT2D eigenvalue weighted by molar-refractivity contribution is 7.89. The molecule has 0 atom stereocenters. The Hall–Kier alpha value is -0.880. The van der Waals surface area contributed by atoms with Crippen molar-refractivity contribution in [2.75, 3.05) is 12.3 Å². The summed E-state index contributed by atoms with van der Waals surface area (Å²) >= 11 is 0. The van der Waals surface area contributed by atoms with Gasteiger partial charge in [-0.15, -0.1) is 0 Å². The van der Waals surface area contributed by atoms with E-state index in [0.29, 0.717) is 19.6 Å². The molecule has 0 fully saturated rings. The second kappa shape index (κ2) is 4.55. The zero-order valence-corrected chi connectivity index (χ0v) is 10.3. The van der Waals surface area contributed by atoms with Crippen LogP contribution in [0.4, 0.5) is 0 Å². The second-order valence-electron chi connectivity index (χ2n) is 4.04. The quantitative estimate of drug-likeness (QED) is 0.787. The fourth-order valence-corrected chi connectivity index (χ4v) is 3.43. The van der Waals surface area contributed by atoms with Crippen LogP contribution >= 0.6 is 0 Å². The monoisotopic (exact) mass is 243 g/mol. The van der Waals surface area contributed by atoms with Crippen LogP contribution in [0.5, 0.6) is 0 Å². The third kappa shape index (κ3) is 2.27. The first kappa shape index (κ1) is 11.6. The van der Waals surface area contributed by atoms with Gasteiger partial charge in [0.05, 0.1) is 12.3 Å². The zero-order chi connectivity index (χ0) is 11.6. The van der Waals surface area contributed by atoms with Gasteiger partial charge in [0.1, 0.15) is 5.82 Å². The number of imidazole rings is 1. The van der Waals surface area contributed by atoms with Crippen LogP contribution in [0.2, 0.25) is 0 Å². The maximum Gasteiger partial charge on any atom is 0.214 e. The molecule has 0 spiro atoms. The molecule has 0 bridgehead atoms. The molecule has 0 saturated heterocycles. The van der Waals surface area contributed by atoms with E-state index in [1.807, 2.05) is 17.7 Å². The average Bonchev–Trinajstić information content (AvgIpc) is 2.73. The number of aromatic nitrogens is 2. The molecule has 0 N–H and O–H groups in total. The Kier molecular flexibility index (Phi) is 3.30. The van der Waals surface area contributed by atoms with Crippen molar-refractivity contribution in [1.82, 2.24) is 13.9 Å². The minimum atomic E-state index is -3.09. The van der Waals surface area contributed by atoms with Crippen molar-refractivity contribution in [3.8, 4) is 0 Å². The number of hydrogen-bond donors (Lipinski definition) is 0. The summed E-state index contributed by atoms with van der Waals surface area (Å²) in [5.74, 6) is 1.09. The summed E-state index contributed by atoms with van der Waals surface area (Å²) in [5.41, 5.74) is 0. The SMILES string of the molecule is CCCCS(=O)(=O)N1CCn2ccnc2C1. The molecule has 1 aliphatic rings. The van der Waals surface area contributed by atoms with Crippen LogP contribution in [0.3, 0.4) is 0 Å². The Morgan fingerprint density at radius 2 is 2.25 bits per heavy atom. The predicted molar refractivity (Wildman–Crippen MR) is 61.3 cm³/mol. The molecule has 0 aliphatic carbocycles. The van der Waals surface area contributed by atoms with E-state index < -0.39 is 10.0 Å². The van der Waals surface area contributed by atoms with E-state index in [1.54, 1.807) is 10.5 Å². The fraction of sp³-hybridized carbons (Fsp3) is 0.700. The molecule has 0 saturated carbocycles. The number of unbranched alkanes of at least 4 members (excludes halogenated alkanes) is 1. The summed E-state index contributed by atoms with van der Waals surface area (Å²) in [6, 6.07) is 0. The molecule has 2 heterocycles. The Morgan fingerprint density at radius 1 is 1.44 bits per heavy atom. The highest BCUT2D eigenvalue weighted by atomic mass is 32.2. The summed E-state index contributed by atoms with van der Waals surface area (Å²) < 4.78 is 27.5. The number of hydrogen-bond acceptors (Lipinski definition) is 3. The highest BCUT2D eigenvalue weighted by Gasteiger charge is 2.26. The van der Waals surface area contributed by atoms with Gasteiger partial charge in [0, 0.05) is 25.5 Å². The van der Waals surface area contributed by atoms with Crippen LogP contribution in [0.1, 0.15) is 25.6 Å². The van der Waals surface area contributed by atoms with Gasteiger partial charge in [0.25, 0.3) is 0 Å². The fourth-order valence-electron chi connectivity index (χ4n) is 1.84. The molecule has 1 aromatic heterocycles. The summed E-state index contributed by atoms with van der Waals surface area (Å²) in [4.78, 5) is 4.16. The Bertz CT molecular complexity index is 452. The van der Waals surface area contributed by atoms with E-state index in [1.165, 1.54) is 0 Å². The summed E-state index contributed by atoms with van der Waals surface area (Å²) in [7, 11) is -3.09. The molecular formula is C10H17N3O2S. The minimum absolute atomic E-state index is 0.254. The smallest absolute Gasteiger partial charge is 0.214 e. The first-order valence-electron chi connectivity index (χ1n) is 5.61. The topological polar surface area (TPSA) is 55.2 Å². The molecular weight excluding hydrogens is 226 g/mol. The molecule has 90 valence electrons. The molecule has 0 radical (unpaired) electrons. The minimum Gasteiger partial charge on any atom is -0.333 e. The van der Waals surface area contributed by atoms with Crippen molar-refractivity contribution in [3.63, 3.8) is 0 Å². The van der Waals surface area contributed by atoms with Crippen molar-refractivity contribution < 1.29 is 8.42 Å². The van der Waals surface area contributed by atoms with E-state index in [4.69, 9.17) is 0 Å². The van der Waals surface area contributed by atoms with Gasteiger partial charge in [0.15, 0.2) is 0 Å². The highest BCUT2D eigenvalue weighted by Crippen LogP contribution is 2.15. The van der Waals surface area contributed by atoms with Crippen LogP contribution in [-0.2, 0) is 23.1 Å². The first-order valence-corrected chi connectivity index (χ1v) is 7.22. The predicted octanol–water partition coefficient (Wildman–Crippen LogP) is 0.829. The molecule has 1 aliphatic heterocycles. The molecule has 0 aromatic carbocycles. The normalized spacial score (nSPS) is 17.3. The van der Waals surface area contributed by atoms with Crippen LogP contribution in [0.25, 0.3) is 0 Å². The van der Waals surface area contributed by atoms with Crippen LogP contribution in [0, 0.1) is 0 Å². The van der Waals surface area contributed by atoms with E-state index in [2.05, 4.69) is 4.98 Å². The Balaban J connectivity index is 2.08. The van der Waals surface area contributed by atoms with Gasteiger partial charge >= 0.3 is 0 Å². The van der Waals surface area contributed by atoms with Crippen LogP contribution in [0.15, 0.2) is 12.4 Å². The van der Waals surface area contributed by atoms with E-state index >= 15 is 0 Å². The zero-order valence-electron chi connectivity index (χ0n) is 9.46. The lowest BCUT2D eigenvalue weighted by atomic mass is 10.4. The molecule has 1 aromatic rings. The average molecular weight is 243 g/mol. The van der Waals surface area contributed by atoms with Crippen LogP contribution in [-0.4, -0.2) is 34.6 Å². The van der Waals surface area contributed by atoms with Gasteiger partial charge in [0.2, 0.25) is 10.0 Å². The second-order valence-corrected chi connectivity index (χ2v) is 6.13. The molecule has 2 rings (SSSR count). The largest absolute Gasteiger partial charge is 0.333 e. The third-order valence-corrected chi connectivity index (χ3v) is 4.76. The molecule has 16 heavy (non-hydrogen) atoms. The van der Waals surface area contributed by atoms with Crippen molar-refractivity contribution in [2.24, 2.45) is 0 Å². The van der Waals surface area contributed by atoms with Gasteiger partial charge in [-0.3, -0.25) is 0 Å². The van der Waals surface area contributed by atoms with E-state index in [-0.39, 0.29) is 5.75 Å². The maximum absolute atomic E-state index is 12.0. The van der Waals surface area contributed by atoms with Crippen molar-refractivity contribution in [1.29, 1.82) is 0 Å². The van der Waals surface area contributed by atoms with Crippen molar-refractivity contribution >= 4 is 10.0 Å². The molecule has 0 unspecified atom stereocenters. The standard InChI is InChI=1S/C10H17N3O2S/c1-2-3-8-16(14,15)13-7-6-12-5-4-11-10(12)9-13/h4-5H,2-3,6-9H2,1H3. The molecule has 6 heteroatoms. The Morgan fingerprint density at radius 3 is 3.00 bits per heavy atom. The van der Waals surface area contributed by atoms with Gasteiger partial charge in [-0.2, -0.15) is 4.31 Å².